The highest BCUT2D eigenvalue weighted by Gasteiger charge is 2.24. The fraction of sp³-hybridized carbons (Fsp3) is 0.333. The summed E-state index contributed by atoms with van der Waals surface area (Å²) in [4.78, 5) is 23.0. The predicted molar refractivity (Wildman–Crippen MR) is 61.9 cm³/mol. The van der Waals surface area contributed by atoms with E-state index in [1.165, 1.54) is 25.1 Å². The molecule has 17 heavy (non-hydrogen) atoms. The molecule has 1 rings (SSSR count). The third kappa shape index (κ3) is 3.03. The maximum Gasteiger partial charge on any atom is 0.379 e. The van der Waals surface area contributed by atoms with Crippen LogP contribution in [0.1, 0.15) is 35.9 Å². The summed E-state index contributed by atoms with van der Waals surface area (Å²) >= 11 is 5.81. The van der Waals surface area contributed by atoms with Gasteiger partial charge >= 0.3 is 5.97 Å². The van der Waals surface area contributed by atoms with E-state index in [0.29, 0.717) is 0 Å². The molecule has 0 aliphatic heterocycles. The first-order chi connectivity index (χ1) is 7.99. The molecule has 1 aromatic rings. The molecule has 0 saturated heterocycles. The van der Waals surface area contributed by atoms with Crippen molar-refractivity contribution >= 4 is 23.4 Å². The van der Waals surface area contributed by atoms with Gasteiger partial charge in [0.25, 0.3) is 5.78 Å². The van der Waals surface area contributed by atoms with Crippen LogP contribution in [0.3, 0.4) is 0 Å². The molecule has 1 atom stereocenters. The van der Waals surface area contributed by atoms with Crippen molar-refractivity contribution in [3.63, 3.8) is 0 Å². The fourth-order valence-electron chi connectivity index (χ4n) is 1.45. The lowest BCUT2D eigenvalue weighted by atomic mass is 10.0. The number of carbonyl (C=O) groups is 2. The quantitative estimate of drug-likeness (QED) is 0.473. The van der Waals surface area contributed by atoms with Crippen LogP contribution in [0.4, 0.5) is 4.39 Å². The molecule has 5 heteroatoms. The summed E-state index contributed by atoms with van der Waals surface area (Å²) in [5.41, 5.74) is -0.0295. The van der Waals surface area contributed by atoms with Gasteiger partial charge in [-0.15, -0.1) is 0 Å². The van der Waals surface area contributed by atoms with Gasteiger partial charge < -0.3 is 4.74 Å². The highest BCUT2D eigenvalue weighted by molar-refractivity contribution is 6.42. The van der Waals surface area contributed by atoms with Crippen LogP contribution in [-0.2, 0) is 9.53 Å². The molecule has 0 spiro atoms. The van der Waals surface area contributed by atoms with Crippen molar-refractivity contribution < 1.29 is 18.7 Å². The molecule has 3 nitrogen and oxygen atoms in total. The molecule has 92 valence electrons. The minimum atomic E-state index is -1.43. The summed E-state index contributed by atoms with van der Waals surface area (Å²) in [7, 11) is 0. The monoisotopic (exact) mass is 258 g/mol. The first kappa shape index (κ1) is 13.6. The molecule has 0 bridgehead atoms. The van der Waals surface area contributed by atoms with Crippen LogP contribution in [0, 0.1) is 0 Å². The highest BCUT2D eigenvalue weighted by atomic mass is 35.5. The Kier molecular flexibility index (Phi) is 4.63. The van der Waals surface area contributed by atoms with Gasteiger partial charge in [-0.25, -0.2) is 9.18 Å². The van der Waals surface area contributed by atoms with Crippen molar-refractivity contribution in [2.45, 2.75) is 20.0 Å². The Morgan fingerprint density at radius 1 is 1.47 bits per heavy atom. The van der Waals surface area contributed by atoms with Gasteiger partial charge in [0.05, 0.1) is 6.61 Å². The maximum absolute atomic E-state index is 13.4. The number of ketones is 1. The smallest absolute Gasteiger partial charge is 0.379 e. The first-order valence-corrected chi connectivity index (χ1v) is 5.50. The number of hydrogen-bond acceptors (Lipinski definition) is 3. The average molecular weight is 259 g/mol. The Hall–Kier alpha value is -1.42. The molecule has 1 aromatic carbocycles. The van der Waals surface area contributed by atoms with Gasteiger partial charge in [0.1, 0.15) is 6.17 Å². The van der Waals surface area contributed by atoms with Crippen LogP contribution in [0.25, 0.3) is 0 Å². The molecule has 1 unspecified atom stereocenters. The number of carbonyl (C=O) groups excluding carboxylic acids is 2. The molecule has 0 N–H and O–H groups in total. The van der Waals surface area contributed by atoms with Gasteiger partial charge in [0.15, 0.2) is 0 Å². The zero-order valence-electron chi connectivity index (χ0n) is 9.50. The van der Waals surface area contributed by atoms with Gasteiger partial charge in [-0.1, -0.05) is 23.7 Å². The Morgan fingerprint density at radius 3 is 2.65 bits per heavy atom. The van der Waals surface area contributed by atoms with Crippen LogP contribution in [0.2, 0.25) is 5.02 Å². The summed E-state index contributed by atoms with van der Waals surface area (Å²) in [6, 6.07) is 4.31. The number of Topliss-reactive ketones (excluding diaryl/α,β-unsaturated/α-hetero) is 1. The summed E-state index contributed by atoms with van der Waals surface area (Å²) < 4.78 is 18.0. The van der Waals surface area contributed by atoms with Crippen molar-refractivity contribution in [1.29, 1.82) is 0 Å². The number of esters is 1. The van der Waals surface area contributed by atoms with Gasteiger partial charge in [0, 0.05) is 16.1 Å². The Morgan fingerprint density at radius 2 is 2.12 bits per heavy atom. The second-order valence-electron chi connectivity index (χ2n) is 3.37. The van der Waals surface area contributed by atoms with Crippen molar-refractivity contribution in [1.82, 2.24) is 0 Å². The third-order valence-corrected chi connectivity index (χ3v) is 2.49. The fourth-order valence-corrected chi connectivity index (χ4v) is 1.77. The minimum absolute atomic E-state index is 0.0206. The lowest BCUT2D eigenvalue weighted by Gasteiger charge is -2.10. The predicted octanol–water partition coefficient (Wildman–Crippen LogP) is 3.12. The number of halogens is 2. The molecular formula is C12H12ClFO3. The zero-order valence-corrected chi connectivity index (χ0v) is 10.3. The lowest BCUT2D eigenvalue weighted by Crippen LogP contribution is -2.19. The highest BCUT2D eigenvalue weighted by Crippen LogP contribution is 2.29. The Bertz CT molecular complexity index is 443. The van der Waals surface area contributed by atoms with Crippen LogP contribution >= 0.6 is 11.6 Å². The van der Waals surface area contributed by atoms with Gasteiger partial charge in [-0.2, -0.15) is 0 Å². The number of alkyl halides is 1. The zero-order chi connectivity index (χ0) is 13.0. The standard InChI is InChI=1S/C12H12ClFO3/c1-3-17-12(16)11(15)8-5-4-6-9(13)10(8)7(2)14/h4-7H,3H2,1-2H3. The number of rotatable bonds is 4. The molecule has 0 amide bonds. The molecule has 0 heterocycles. The largest absolute Gasteiger partial charge is 0.460 e. The first-order valence-electron chi connectivity index (χ1n) is 5.13. The molecule has 0 fully saturated rings. The second kappa shape index (κ2) is 5.77. The van der Waals surface area contributed by atoms with Crippen molar-refractivity contribution in [2.75, 3.05) is 6.61 Å². The summed E-state index contributed by atoms with van der Waals surface area (Å²) in [6.45, 7) is 2.93. The van der Waals surface area contributed by atoms with Crippen LogP contribution < -0.4 is 0 Å². The van der Waals surface area contributed by atoms with E-state index in [1.54, 1.807) is 6.92 Å². The van der Waals surface area contributed by atoms with E-state index in [1.807, 2.05) is 0 Å². The molecule has 0 aliphatic carbocycles. The van der Waals surface area contributed by atoms with Crippen LogP contribution in [0.15, 0.2) is 18.2 Å². The van der Waals surface area contributed by atoms with E-state index in [-0.39, 0.29) is 22.8 Å². The Labute approximate surface area is 104 Å². The van der Waals surface area contributed by atoms with E-state index in [9.17, 15) is 14.0 Å². The molecule has 0 aromatic heterocycles. The van der Waals surface area contributed by atoms with Gasteiger partial charge in [-0.3, -0.25) is 4.79 Å². The minimum Gasteiger partial charge on any atom is -0.460 e. The SMILES string of the molecule is CCOC(=O)C(=O)c1cccc(Cl)c1C(C)F. The maximum atomic E-state index is 13.4. The van der Waals surface area contributed by atoms with Crippen LogP contribution in [0.5, 0.6) is 0 Å². The van der Waals surface area contributed by atoms with E-state index in [4.69, 9.17) is 11.6 Å². The van der Waals surface area contributed by atoms with Crippen molar-refractivity contribution in [3.05, 3.63) is 34.3 Å². The average Bonchev–Trinajstić information content (AvgIpc) is 2.27. The summed E-state index contributed by atoms with van der Waals surface area (Å²) in [5, 5.41) is 0.121. The van der Waals surface area contributed by atoms with Crippen molar-refractivity contribution in [2.24, 2.45) is 0 Å². The normalized spacial score (nSPS) is 12.0. The number of ether oxygens (including phenoxy) is 1. The molecule has 0 saturated carbocycles. The topological polar surface area (TPSA) is 43.4 Å². The number of hydrogen-bond donors (Lipinski definition) is 0. The summed E-state index contributed by atoms with van der Waals surface area (Å²) in [6.07, 6.45) is -1.43. The third-order valence-electron chi connectivity index (χ3n) is 2.16. The van der Waals surface area contributed by atoms with E-state index in [2.05, 4.69) is 4.74 Å². The number of benzene rings is 1. The van der Waals surface area contributed by atoms with Gasteiger partial charge in [-0.05, 0) is 19.9 Å². The molecule has 0 aliphatic rings. The van der Waals surface area contributed by atoms with E-state index in [0.717, 1.165) is 0 Å². The second-order valence-corrected chi connectivity index (χ2v) is 3.77. The van der Waals surface area contributed by atoms with E-state index < -0.39 is 17.9 Å². The summed E-state index contributed by atoms with van der Waals surface area (Å²) in [5.74, 6) is -1.88. The van der Waals surface area contributed by atoms with E-state index >= 15 is 0 Å². The lowest BCUT2D eigenvalue weighted by molar-refractivity contribution is -0.137. The van der Waals surface area contributed by atoms with Crippen LogP contribution in [-0.4, -0.2) is 18.4 Å². The van der Waals surface area contributed by atoms with Gasteiger partial charge in [0.2, 0.25) is 0 Å². The molecular weight excluding hydrogens is 247 g/mol. The molecule has 0 radical (unpaired) electrons. The van der Waals surface area contributed by atoms with Crippen molar-refractivity contribution in [3.8, 4) is 0 Å². The Balaban J connectivity index is 3.18.